The van der Waals surface area contributed by atoms with E-state index in [2.05, 4.69) is 17.4 Å². The van der Waals surface area contributed by atoms with Crippen molar-refractivity contribution in [1.29, 1.82) is 0 Å². The number of quaternary nitrogens is 1. The standard InChI is InChI=1S/C24H29N3O3/c1-30-21-11-9-18(10-12-21)22(26-13-2-3-14-26)17-25-24(29)19-6-4-7-20(16-19)27-15-5-8-23(27)28/h4,6-7,9-12,16,22H,2-3,5,8,13-15,17H2,1H3,(H,25,29)/p+1/t22-/m0/s1. The molecule has 158 valence electrons. The molecule has 2 heterocycles. The van der Waals surface area contributed by atoms with E-state index in [0.717, 1.165) is 37.5 Å². The molecule has 0 aliphatic carbocycles. The number of methoxy groups -OCH3 is 1. The molecule has 6 nitrogen and oxygen atoms in total. The van der Waals surface area contributed by atoms with Gasteiger partial charge in [-0.15, -0.1) is 0 Å². The molecule has 2 fully saturated rings. The van der Waals surface area contributed by atoms with Gasteiger partial charge in [-0.25, -0.2) is 0 Å². The minimum absolute atomic E-state index is 0.0967. The lowest BCUT2D eigenvalue weighted by molar-refractivity contribution is -0.918. The van der Waals surface area contributed by atoms with Gasteiger partial charge in [-0.05, 0) is 48.9 Å². The summed E-state index contributed by atoms with van der Waals surface area (Å²) in [6.07, 6.45) is 3.90. The second kappa shape index (κ2) is 9.30. The van der Waals surface area contributed by atoms with E-state index >= 15 is 0 Å². The summed E-state index contributed by atoms with van der Waals surface area (Å²) in [5, 5.41) is 3.14. The molecule has 2 aliphatic heterocycles. The summed E-state index contributed by atoms with van der Waals surface area (Å²) in [6.45, 7) is 3.55. The van der Waals surface area contributed by atoms with Gasteiger partial charge in [0.25, 0.3) is 5.91 Å². The van der Waals surface area contributed by atoms with Crippen molar-refractivity contribution in [2.75, 3.05) is 38.2 Å². The number of anilines is 1. The zero-order valence-electron chi connectivity index (χ0n) is 17.5. The quantitative estimate of drug-likeness (QED) is 0.736. The Bertz CT molecular complexity index is 891. The first-order chi connectivity index (χ1) is 14.7. The Morgan fingerprint density at radius 2 is 1.90 bits per heavy atom. The number of carbonyl (C=O) groups is 2. The summed E-state index contributed by atoms with van der Waals surface area (Å²) in [5.74, 6) is 0.872. The Hall–Kier alpha value is -2.86. The molecule has 0 aromatic heterocycles. The molecule has 2 amide bonds. The summed E-state index contributed by atoms with van der Waals surface area (Å²) in [5.41, 5.74) is 2.61. The highest BCUT2D eigenvalue weighted by molar-refractivity contribution is 5.99. The second-order valence-electron chi connectivity index (χ2n) is 8.10. The van der Waals surface area contributed by atoms with Crippen LogP contribution in [-0.4, -0.2) is 45.1 Å². The zero-order valence-corrected chi connectivity index (χ0v) is 17.5. The van der Waals surface area contributed by atoms with Crippen molar-refractivity contribution in [2.45, 2.75) is 31.7 Å². The molecule has 2 saturated heterocycles. The van der Waals surface area contributed by atoms with Crippen molar-refractivity contribution < 1.29 is 19.2 Å². The predicted molar refractivity (Wildman–Crippen MR) is 116 cm³/mol. The minimum atomic E-state index is -0.0967. The monoisotopic (exact) mass is 408 g/mol. The first-order valence-electron chi connectivity index (χ1n) is 10.8. The molecule has 2 aliphatic rings. The maximum Gasteiger partial charge on any atom is 0.251 e. The summed E-state index contributed by atoms with van der Waals surface area (Å²) in [4.78, 5) is 28.2. The largest absolute Gasteiger partial charge is 0.497 e. The number of amides is 2. The van der Waals surface area contributed by atoms with Crippen molar-refractivity contribution in [2.24, 2.45) is 0 Å². The summed E-state index contributed by atoms with van der Waals surface area (Å²) in [7, 11) is 1.67. The van der Waals surface area contributed by atoms with Crippen LogP contribution in [0.15, 0.2) is 48.5 Å². The minimum Gasteiger partial charge on any atom is -0.497 e. The molecular formula is C24H30N3O3+. The number of ether oxygens (including phenoxy) is 1. The Morgan fingerprint density at radius 1 is 1.13 bits per heavy atom. The third-order valence-electron chi connectivity index (χ3n) is 6.22. The molecule has 2 N–H and O–H groups in total. The van der Waals surface area contributed by atoms with E-state index in [9.17, 15) is 9.59 Å². The molecule has 0 radical (unpaired) electrons. The van der Waals surface area contributed by atoms with Gasteiger partial charge in [-0.1, -0.05) is 6.07 Å². The van der Waals surface area contributed by atoms with E-state index in [0.29, 0.717) is 18.5 Å². The lowest BCUT2D eigenvalue weighted by atomic mass is 10.0. The van der Waals surface area contributed by atoms with Crippen molar-refractivity contribution in [1.82, 2.24) is 5.32 Å². The fourth-order valence-corrected chi connectivity index (χ4v) is 4.54. The van der Waals surface area contributed by atoms with Gasteiger partial charge in [0, 0.05) is 42.6 Å². The van der Waals surface area contributed by atoms with Gasteiger partial charge >= 0.3 is 0 Å². The Morgan fingerprint density at radius 3 is 2.57 bits per heavy atom. The number of rotatable bonds is 7. The molecule has 0 bridgehead atoms. The molecule has 2 aromatic rings. The topological polar surface area (TPSA) is 63.1 Å². The van der Waals surface area contributed by atoms with Gasteiger partial charge in [-0.3, -0.25) is 9.59 Å². The molecule has 2 aromatic carbocycles. The number of hydrogen-bond donors (Lipinski definition) is 2. The molecule has 0 spiro atoms. The van der Waals surface area contributed by atoms with Crippen LogP contribution in [0, 0.1) is 0 Å². The highest BCUT2D eigenvalue weighted by atomic mass is 16.5. The number of hydrogen-bond acceptors (Lipinski definition) is 3. The predicted octanol–water partition coefficient (Wildman–Crippen LogP) is 1.97. The lowest BCUT2D eigenvalue weighted by Crippen LogP contribution is -3.11. The maximum absolute atomic E-state index is 12.9. The number of likely N-dealkylation sites (tertiary alicyclic amines) is 1. The van der Waals surface area contributed by atoms with Crippen molar-refractivity contribution in [3.63, 3.8) is 0 Å². The van der Waals surface area contributed by atoms with Crippen LogP contribution in [0.2, 0.25) is 0 Å². The summed E-state index contributed by atoms with van der Waals surface area (Å²) < 4.78 is 5.29. The molecule has 1 atom stereocenters. The van der Waals surface area contributed by atoms with Crippen LogP contribution in [0.25, 0.3) is 0 Å². The third-order valence-corrected chi connectivity index (χ3v) is 6.22. The van der Waals surface area contributed by atoms with Gasteiger partial charge in [0.15, 0.2) is 0 Å². The number of carbonyl (C=O) groups excluding carboxylic acids is 2. The van der Waals surface area contributed by atoms with Crippen LogP contribution in [0.1, 0.15) is 47.6 Å². The smallest absolute Gasteiger partial charge is 0.251 e. The van der Waals surface area contributed by atoms with Crippen LogP contribution in [0.5, 0.6) is 5.75 Å². The average Bonchev–Trinajstić information content (AvgIpc) is 3.46. The van der Waals surface area contributed by atoms with E-state index in [1.54, 1.807) is 12.0 Å². The van der Waals surface area contributed by atoms with Crippen LogP contribution < -0.4 is 19.9 Å². The van der Waals surface area contributed by atoms with Gasteiger partial charge in [0.1, 0.15) is 11.8 Å². The van der Waals surface area contributed by atoms with Crippen molar-refractivity contribution in [3.05, 3.63) is 59.7 Å². The molecule has 4 rings (SSSR count). The van der Waals surface area contributed by atoms with Crippen molar-refractivity contribution in [3.8, 4) is 5.75 Å². The molecule has 0 unspecified atom stereocenters. The number of nitrogens with zero attached hydrogens (tertiary/aromatic N) is 1. The van der Waals surface area contributed by atoms with Gasteiger partial charge < -0.3 is 19.9 Å². The van der Waals surface area contributed by atoms with Gasteiger partial charge in [0.2, 0.25) is 5.91 Å². The fourth-order valence-electron chi connectivity index (χ4n) is 4.54. The van der Waals surface area contributed by atoms with Gasteiger partial charge in [0.05, 0.1) is 26.7 Å². The van der Waals surface area contributed by atoms with Crippen LogP contribution in [0.4, 0.5) is 5.69 Å². The van der Waals surface area contributed by atoms with Gasteiger partial charge in [-0.2, -0.15) is 0 Å². The normalized spacial score (nSPS) is 17.9. The van der Waals surface area contributed by atoms with Crippen LogP contribution in [-0.2, 0) is 4.79 Å². The van der Waals surface area contributed by atoms with Crippen LogP contribution in [0.3, 0.4) is 0 Å². The van der Waals surface area contributed by atoms with E-state index in [-0.39, 0.29) is 17.9 Å². The number of nitrogens with one attached hydrogen (secondary N) is 2. The summed E-state index contributed by atoms with van der Waals surface area (Å²) >= 11 is 0. The molecule has 30 heavy (non-hydrogen) atoms. The lowest BCUT2D eigenvalue weighted by Gasteiger charge is -2.25. The highest BCUT2D eigenvalue weighted by Crippen LogP contribution is 2.22. The molecular weight excluding hydrogens is 378 g/mol. The Kier molecular flexibility index (Phi) is 6.33. The Labute approximate surface area is 177 Å². The first-order valence-corrected chi connectivity index (χ1v) is 10.8. The second-order valence-corrected chi connectivity index (χ2v) is 8.10. The SMILES string of the molecule is COc1ccc([C@H](CNC(=O)c2cccc(N3CCCC3=O)c2)[NH+]2CCCC2)cc1. The third kappa shape index (κ3) is 4.49. The average molecular weight is 409 g/mol. The van der Waals surface area contributed by atoms with Crippen LogP contribution >= 0.6 is 0 Å². The van der Waals surface area contributed by atoms with Crippen molar-refractivity contribution >= 4 is 17.5 Å². The molecule has 6 heteroatoms. The van der Waals surface area contributed by atoms with E-state index in [1.807, 2.05) is 36.4 Å². The van der Waals surface area contributed by atoms with E-state index < -0.39 is 0 Å². The fraction of sp³-hybridized carbons (Fsp3) is 0.417. The maximum atomic E-state index is 12.9. The number of benzene rings is 2. The van der Waals surface area contributed by atoms with E-state index in [1.165, 1.54) is 23.3 Å². The summed E-state index contributed by atoms with van der Waals surface area (Å²) in [6, 6.07) is 15.8. The highest BCUT2D eigenvalue weighted by Gasteiger charge is 2.28. The Balaban J connectivity index is 1.46. The molecule has 0 saturated carbocycles. The first kappa shape index (κ1) is 20.4. The zero-order chi connectivity index (χ0) is 20.9. The van der Waals surface area contributed by atoms with E-state index in [4.69, 9.17) is 4.74 Å².